The van der Waals surface area contributed by atoms with E-state index in [0.29, 0.717) is 0 Å². The predicted molar refractivity (Wildman–Crippen MR) is 43.4 cm³/mol. The number of nitrogens with zero attached hydrogens (tertiary/aromatic N) is 1. The quantitative estimate of drug-likeness (QED) is 0.324. The first-order valence-electron chi connectivity index (χ1n) is 2.56. The minimum Gasteiger partial charge on any atom is -0.482 e. The summed E-state index contributed by atoms with van der Waals surface area (Å²) in [7, 11) is 0. The molecule has 0 aromatic rings. The molecule has 0 unspecified atom stereocenters. The van der Waals surface area contributed by atoms with Crippen LogP contribution in [0.1, 0.15) is 6.42 Å². The van der Waals surface area contributed by atoms with E-state index < -0.39 is 0 Å². The lowest BCUT2D eigenvalue weighted by molar-refractivity contribution is 0.680. The average Bonchev–Trinajstić information content (AvgIpc) is 1.61. The van der Waals surface area contributed by atoms with Gasteiger partial charge in [0.15, 0.2) is 0 Å². The maximum absolute atomic E-state index is 3.42. The minimum absolute atomic E-state index is 1.15. The van der Waals surface area contributed by atoms with E-state index in [-0.39, 0.29) is 0 Å². The minimum atomic E-state index is 1.15. The lowest BCUT2D eigenvalue weighted by atomic mass is 10.5. The van der Waals surface area contributed by atoms with Crippen LogP contribution in [0.4, 0.5) is 0 Å². The topological polar surface area (TPSA) is 3.24 Å². The van der Waals surface area contributed by atoms with Gasteiger partial charge >= 0.3 is 0 Å². The molecule has 0 bridgehead atoms. The lowest BCUT2D eigenvalue weighted by Gasteiger charge is -2.07. The van der Waals surface area contributed by atoms with Crippen LogP contribution >= 0.6 is 0 Å². The van der Waals surface area contributed by atoms with Crippen molar-refractivity contribution in [1.29, 1.82) is 0 Å². The van der Waals surface area contributed by atoms with Gasteiger partial charge in [0.05, 0.1) is 0 Å². The van der Waals surface area contributed by atoms with Crippen molar-refractivity contribution in [3.05, 3.63) is 0 Å². The molecule has 40 valence electrons. The molecule has 7 heavy (non-hydrogen) atoms. The Kier molecular flexibility index (Phi) is 6.59. The summed E-state index contributed by atoms with van der Waals surface area (Å²) in [6.45, 7) is 1.31. The second-order valence-electron chi connectivity index (χ2n) is 1.91. The summed E-state index contributed by atoms with van der Waals surface area (Å²) >= 11 is 5.94. The molecule has 0 aromatic carbocycles. The molecule has 0 aliphatic heterocycles. The predicted octanol–water partition coefficient (Wildman–Crippen LogP) is -2.21. The third kappa shape index (κ3) is 7.37. The van der Waals surface area contributed by atoms with Gasteiger partial charge in [0.2, 0.25) is 0 Å². The Morgan fingerprint density at radius 1 is 1.43 bits per heavy atom. The van der Waals surface area contributed by atoms with Gasteiger partial charge < -0.3 is 2.87 Å². The standard InChI is InChI=1S/C3H7NS.2Al.4H/c4-2-1-3-5;;;;;;/h5H,1-3H2;;;;;;/p+1. The maximum atomic E-state index is 3.42. The Bertz CT molecular complexity index is 41.9. The molecule has 0 rings (SSSR count). The highest BCUT2D eigenvalue weighted by atomic mass is 32.1. The zero-order valence-corrected chi connectivity index (χ0v) is 10.1. The summed E-state index contributed by atoms with van der Waals surface area (Å²) in [5.74, 6) is 1.15. The van der Waals surface area contributed by atoms with Crippen molar-refractivity contribution in [2.24, 2.45) is 0 Å². The zero-order chi connectivity index (χ0) is 5.70. The first-order chi connectivity index (χ1) is 3.27. The Morgan fingerprint density at radius 2 is 2.00 bits per heavy atom. The van der Waals surface area contributed by atoms with Crippen LogP contribution in [0.15, 0.2) is 0 Å². The fraction of sp³-hybridized carbons (Fsp3) is 1.00. The molecule has 0 aromatic heterocycles. The Hall–Kier alpha value is 1.37. The molecule has 4 heteroatoms. The zero-order valence-electron chi connectivity index (χ0n) is 5.07. The van der Waals surface area contributed by atoms with Crippen LogP contribution in [0, 0.1) is 0 Å². The van der Waals surface area contributed by atoms with Gasteiger partial charge in [-0.1, -0.05) is 0 Å². The van der Waals surface area contributed by atoms with Crippen molar-refractivity contribution < 1.29 is 0 Å². The Balaban J connectivity index is 2.68. The van der Waals surface area contributed by atoms with E-state index in [0.717, 1.165) is 5.75 Å². The van der Waals surface area contributed by atoms with E-state index in [1.54, 1.807) is 0 Å². The fourth-order valence-electron chi connectivity index (χ4n) is 0.395. The lowest BCUT2D eigenvalue weighted by Crippen LogP contribution is -2.17. The van der Waals surface area contributed by atoms with Crippen molar-refractivity contribution in [2.75, 3.05) is 12.3 Å². The number of hydrogen-bond acceptors (Lipinski definition) is 1. The van der Waals surface area contributed by atoms with Crippen LogP contribution in [-0.4, -0.2) is 48.2 Å². The monoisotopic (exact) mass is 148 g/mol. The van der Waals surface area contributed by atoms with Crippen LogP contribution in [-0.2, 0) is 12.6 Å². The summed E-state index contributed by atoms with van der Waals surface area (Å²) in [4.78, 5) is 0. The van der Waals surface area contributed by atoms with E-state index in [9.17, 15) is 0 Å². The molecule has 0 amide bonds. The molecule has 1 nitrogen and oxygen atoms in total. The number of hydrogen-bond donors (Lipinski definition) is 0. The summed E-state index contributed by atoms with van der Waals surface area (Å²) in [5.41, 5.74) is 0. The average molecular weight is 148 g/mol. The molecule has 0 radical (unpaired) electrons. The highest BCUT2D eigenvalue weighted by molar-refractivity contribution is 7.58. The third-order valence-corrected chi connectivity index (χ3v) is 2.03. The summed E-state index contributed by atoms with van der Waals surface area (Å²) in [6, 6.07) is 0. The van der Waals surface area contributed by atoms with Crippen LogP contribution in [0.2, 0.25) is 0 Å². The van der Waals surface area contributed by atoms with E-state index in [2.05, 4.69) is 15.5 Å². The van der Waals surface area contributed by atoms with Crippen LogP contribution < -0.4 is 0 Å². The van der Waals surface area contributed by atoms with Gasteiger partial charge in [0, 0.05) is 6.42 Å². The van der Waals surface area contributed by atoms with Gasteiger partial charge in [0.25, 0.3) is 33.0 Å². The Labute approximate surface area is 67.1 Å². The SMILES string of the molecule is [AlH2][N]([AlH2])CCC[SH2+]. The normalized spacial score (nSPS) is 10.0. The van der Waals surface area contributed by atoms with Gasteiger partial charge in [-0.2, -0.15) is 0 Å². The molecule has 0 aliphatic rings. The maximum Gasteiger partial charge on any atom is 0.298 e. The summed E-state index contributed by atoms with van der Waals surface area (Å²) < 4.78 is 2.46. The molecular formula is C3H12Al2NS+. The first-order valence-corrected chi connectivity index (χ1v) is 5.06. The Morgan fingerprint density at radius 3 is 2.14 bits per heavy atom. The first kappa shape index (κ1) is 8.37. The van der Waals surface area contributed by atoms with Crippen molar-refractivity contribution in [3.63, 3.8) is 0 Å². The highest BCUT2D eigenvalue weighted by Gasteiger charge is 1.86. The third-order valence-electron chi connectivity index (χ3n) is 0.782. The van der Waals surface area contributed by atoms with Crippen LogP contribution in [0.3, 0.4) is 0 Å². The van der Waals surface area contributed by atoms with Crippen molar-refractivity contribution in [3.8, 4) is 0 Å². The summed E-state index contributed by atoms with van der Waals surface area (Å²) in [5, 5.41) is 0. The summed E-state index contributed by atoms with van der Waals surface area (Å²) in [6.07, 6.45) is 1.31. The second kappa shape index (κ2) is 5.51. The molecular weight excluding hydrogens is 136 g/mol. The van der Waals surface area contributed by atoms with E-state index in [4.69, 9.17) is 0 Å². The molecule has 0 spiro atoms. The number of rotatable bonds is 3. The fourth-order valence-corrected chi connectivity index (χ4v) is 1.19. The van der Waals surface area contributed by atoms with E-state index in [1.165, 1.54) is 46.0 Å². The molecule has 0 aliphatic carbocycles. The van der Waals surface area contributed by atoms with E-state index in [1.807, 2.05) is 0 Å². The highest BCUT2D eigenvalue weighted by Crippen LogP contribution is 1.77. The molecule has 0 fully saturated rings. The van der Waals surface area contributed by atoms with Gasteiger partial charge in [-0.05, 0) is 19.2 Å². The largest absolute Gasteiger partial charge is 0.482 e. The molecule has 0 atom stereocenters. The van der Waals surface area contributed by atoms with Crippen LogP contribution in [0.25, 0.3) is 0 Å². The van der Waals surface area contributed by atoms with Crippen molar-refractivity contribution in [1.82, 2.24) is 2.87 Å². The van der Waals surface area contributed by atoms with E-state index >= 15 is 0 Å². The van der Waals surface area contributed by atoms with Gasteiger partial charge in [-0.25, -0.2) is 0 Å². The second-order valence-corrected chi connectivity index (χ2v) is 7.25. The van der Waals surface area contributed by atoms with Crippen LogP contribution in [0.5, 0.6) is 0 Å². The van der Waals surface area contributed by atoms with Gasteiger partial charge in [-0.3, -0.25) is 0 Å². The van der Waals surface area contributed by atoms with Crippen molar-refractivity contribution >= 4 is 45.7 Å². The smallest absolute Gasteiger partial charge is 0.298 e. The molecule has 0 saturated heterocycles. The molecule has 0 N–H and O–H groups in total. The van der Waals surface area contributed by atoms with Crippen molar-refractivity contribution in [2.45, 2.75) is 6.42 Å². The van der Waals surface area contributed by atoms with Gasteiger partial charge in [-0.15, -0.1) is 0 Å². The molecule has 0 heterocycles. The molecule has 0 saturated carbocycles. The van der Waals surface area contributed by atoms with Gasteiger partial charge in [0.1, 0.15) is 5.75 Å².